The van der Waals surface area contributed by atoms with E-state index in [9.17, 15) is 4.79 Å². The summed E-state index contributed by atoms with van der Waals surface area (Å²) in [5.41, 5.74) is 1.32. The van der Waals surface area contributed by atoms with Crippen LogP contribution in [0.4, 0.5) is 0 Å². The number of nitrogens with zero attached hydrogens (tertiary/aromatic N) is 2. The molecular weight excluding hydrogens is 396 g/mol. The largest absolute Gasteiger partial charge is 0.305 e. The molecule has 0 aliphatic carbocycles. The number of terminal acetylenes is 1. The number of hydrogen-bond donors (Lipinski definition) is 0. The van der Waals surface area contributed by atoms with Crippen LogP contribution in [0.15, 0.2) is 51.9 Å². The summed E-state index contributed by atoms with van der Waals surface area (Å²) in [5.74, 6) is 2.22. The zero-order chi connectivity index (χ0) is 16.4. The number of carbonyl (C=O) groups is 1. The number of benzene rings is 2. The molecule has 1 aromatic heterocycles. The van der Waals surface area contributed by atoms with Crippen molar-refractivity contribution in [3.8, 4) is 12.3 Å². The van der Waals surface area contributed by atoms with Crippen molar-refractivity contribution in [2.24, 2.45) is 4.99 Å². The van der Waals surface area contributed by atoms with Crippen molar-refractivity contribution in [2.45, 2.75) is 6.54 Å². The van der Waals surface area contributed by atoms with E-state index in [1.54, 1.807) is 24.3 Å². The minimum atomic E-state index is -0.382. The van der Waals surface area contributed by atoms with Crippen molar-refractivity contribution in [3.63, 3.8) is 0 Å². The standard InChI is InChI=1S/C17H10BrClN2OS/c1-2-9-21-14-8-7-11(18)10-15(14)23-17(21)20-16(22)12-5-3-4-6-13(12)19/h1,3-8,10H,9H2. The lowest BCUT2D eigenvalue weighted by Crippen LogP contribution is -2.16. The molecule has 1 heterocycles. The first-order valence-corrected chi connectivity index (χ1v) is 8.65. The maximum atomic E-state index is 12.4. The van der Waals surface area contributed by atoms with Gasteiger partial charge in [0.25, 0.3) is 5.91 Å². The third-order valence-corrected chi connectivity index (χ3v) is 5.06. The van der Waals surface area contributed by atoms with Crippen LogP contribution >= 0.6 is 38.9 Å². The number of amides is 1. The lowest BCUT2D eigenvalue weighted by molar-refractivity contribution is 0.0998. The molecule has 2 aromatic carbocycles. The van der Waals surface area contributed by atoms with E-state index in [2.05, 4.69) is 26.8 Å². The van der Waals surface area contributed by atoms with Gasteiger partial charge in [0.2, 0.25) is 0 Å². The van der Waals surface area contributed by atoms with Crippen LogP contribution in [0.5, 0.6) is 0 Å². The molecule has 6 heteroatoms. The van der Waals surface area contributed by atoms with Gasteiger partial charge in [-0.1, -0.05) is 56.9 Å². The minimum absolute atomic E-state index is 0.344. The molecule has 0 N–H and O–H groups in total. The number of fused-ring (bicyclic) bond motifs is 1. The summed E-state index contributed by atoms with van der Waals surface area (Å²) in [5, 5.41) is 0.383. The van der Waals surface area contributed by atoms with E-state index < -0.39 is 0 Å². The molecule has 1 amide bonds. The third-order valence-electron chi connectivity index (χ3n) is 3.20. The fraction of sp³-hybridized carbons (Fsp3) is 0.0588. The SMILES string of the molecule is C#CCn1c(=NC(=O)c2ccccc2Cl)sc2cc(Br)ccc21. The van der Waals surface area contributed by atoms with E-state index in [-0.39, 0.29) is 5.91 Å². The van der Waals surface area contributed by atoms with E-state index in [1.807, 2.05) is 22.8 Å². The molecule has 3 aromatic rings. The van der Waals surface area contributed by atoms with Gasteiger partial charge in [-0.05, 0) is 30.3 Å². The molecule has 0 aliphatic heterocycles. The van der Waals surface area contributed by atoms with Gasteiger partial charge in [0.1, 0.15) is 0 Å². The highest BCUT2D eigenvalue weighted by atomic mass is 79.9. The summed E-state index contributed by atoms with van der Waals surface area (Å²) < 4.78 is 3.81. The van der Waals surface area contributed by atoms with Crippen molar-refractivity contribution in [1.29, 1.82) is 0 Å². The highest BCUT2D eigenvalue weighted by Gasteiger charge is 2.11. The van der Waals surface area contributed by atoms with Gasteiger partial charge < -0.3 is 4.57 Å². The van der Waals surface area contributed by atoms with Gasteiger partial charge in [-0.25, -0.2) is 0 Å². The molecule has 0 aliphatic rings. The fourth-order valence-corrected chi connectivity index (χ4v) is 3.95. The number of halogens is 2. The summed E-state index contributed by atoms with van der Waals surface area (Å²) in [6.45, 7) is 0.344. The number of carbonyl (C=O) groups excluding carboxylic acids is 1. The zero-order valence-electron chi connectivity index (χ0n) is 11.8. The Balaban J connectivity index is 2.19. The number of aromatic nitrogens is 1. The van der Waals surface area contributed by atoms with E-state index in [0.29, 0.717) is 21.9 Å². The molecule has 0 unspecified atom stereocenters. The maximum absolute atomic E-state index is 12.4. The average molecular weight is 406 g/mol. The Labute approximate surface area is 150 Å². The summed E-state index contributed by atoms with van der Waals surface area (Å²) in [7, 11) is 0. The molecule has 0 saturated carbocycles. The van der Waals surface area contributed by atoms with Crippen molar-refractivity contribution >= 4 is 55.0 Å². The predicted octanol–water partition coefficient (Wildman–Crippen LogP) is 4.49. The highest BCUT2D eigenvalue weighted by molar-refractivity contribution is 9.10. The van der Waals surface area contributed by atoms with Crippen LogP contribution in [0.1, 0.15) is 10.4 Å². The molecule has 0 bridgehead atoms. The molecule has 114 valence electrons. The fourth-order valence-electron chi connectivity index (χ4n) is 2.16. The van der Waals surface area contributed by atoms with Gasteiger partial charge in [-0.15, -0.1) is 6.42 Å². The van der Waals surface area contributed by atoms with Crippen LogP contribution in [0.3, 0.4) is 0 Å². The van der Waals surface area contributed by atoms with Crippen molar-refractivity contribution in [2.75, 3.05) is 0 Å². The molecule has 23 heavy (non-hydrogen) atoms. The maximum Gasteiger partial charge on any atom is 0.281 e. The highest BCUT2D eigenvalue weighted by Crippen LogP contribution is 2.22. The average Bonchev–Trinajstić information content (AvgIpc) is 2.84. The van der Waals surface area contributed by atoms with E-state index in [4.69, 9.17) is 18.0 Å². The van der Waals surface area contributed by atoms with Gasteiger partial charge in [0.05, 0.1) is 27.3 Å². The molecule has 0 radical (unpaired) electrons. The second kappa shape index (κ2) is 6.71. The Hall–Kier alpha value is -1.87. The first-order valence-electron chi connectivity index (χ1n) is 6.66. The zero-order valence-corrected chi connectivity index (χ0v) is 15.0. The smallest absolute Gasteiger partial charge is 0.281 e. The second-order valence-electron chi connectivity index (χ2n) is 4.68. The van der Waals surface area contributed by atoms with Crippen molar-refractivity contribution in [3.05, 3.63) is 62.3 Å². The minimum Gasteiger partial charge on any atom is -0.305 e. The molecule has 0 saturated heterocycles. The summed E-state index contributed by atoms with van der Waals surface area (Å²) in [6, 6.07) is 12.7. The molecule has 0 fully saturated rings. The Kier molecular flexibility index (Phi) is 4.67. The molecule has 3 nitrogen and oxygen atoms in total. The Morgan fingerprint density at radius 3 is 2.87 bits per heavy atom. The summed E-state index contributed by atoms with van der Waals surface area (Å²) in [4.78, 5) is 17.2. The molecule has 0 spiro atoms. The van der Waals surface area contributed by atoms with Crippen molar-refractivity contribution in [1.82, 2.24) is 4.57 Å². The Morgan fingerprint density at radius 1 is 1.35 bits per heavy atom. The topological polar surface area (TPSA) is 34.4 Å². The van der Waals surface area contributed by atoms with Gasteiger partial charge in [0.15, 0.2) is 4.80 Å². The normalized spacial score (nSPS) is 11.6. The lowest BCUT2D eigenvalue weighted by Gasteiger charge is -2.00. The number of rotatable bonds is 2. The van der Waals surface area contributed by atoms with Crippen molar-refractivity contribution < 1.29 is 4.79 Å². The van der Waals surface area contributed by atoms with Crippen LogP contribution in [-0.4, -0.2) is 10.5 Å². The van der Waals surface area contributed by atoms with E-state index in [1.165, 1.54) is 11.3 Å². The van der Waals surface area contributed by atoms with Crippen LogP contribution in [0.2, 0.25) is 5.02 Å². The van der Waals surface area contributed by atoms with Gasteiger partial charge in [-0.3, -0.25) is 4.79 Å². The molecule has 3 rings (SSSR count). The molecule has 0 atom stereocenters. The molecular formula is C17H10BrClN2OS. The summed E-state index contributed by atoms with van der Waals surface area (Å²) in [6.07, 6.45) is 5.45. The number of hydrogen-bond acceptors (Lipinski definition) is 2. The lowest BCUT2D eigenvalue weighted by atomic mass is 10.2. The van der Waals surface area contributed by atoms with E-state index >= 15 is 0 Å². The summed E-state index contributed by atoms with van der Waals surface area (Å²) >= 11 is 10.9. The Bertz CT molecular complexity index is 1010. The quantitative estimate of drug-likeness (QED) is 0.578. The van der Waals surface area contributed by atoms with E-state index in [0.717, 1.165) is 14.7 Å². The van der Waals surface area contributed by atoms with Gasteiger partial charge >= 0.3 is 0 Å². The number of thiazole rings is 1. The first-order chi connectivity index (χ1) is 11.1. The second-order valence-corrected chi connectivity index (χ2v) is 7.02. The monoisotopic (exact) mass is 404 g/mol. The predicted molar refractivity (Wildman–Crippen MR) is 97.7 cm³/mol. The third kappa shape index (κ3) is 3.25. The van der Waals surface area contributed by atoms with Crippen LogP contribution in [0, 0.1) is 12.3 Å². The van der Waals surface area contributed by atoms with Gasteiger partial charge in [-0.2, -0.15) is 4.99 Å². The Morgan fingerprint density at radius 2 is 2.13 bits per heavy atom. The van der Waals surface area contributed by atoms with Gasteiger partial charge in [0, 0.05) is 4.47 Å². The van der Waals surface area contributed by atoms with Crippen LogP contribution < -0.4 is 4.80 Å². The first kappa shape index (κ1) is 16.0. The van der Waals surface area contributed by atoms with Crippen LogP contribution in [0.25, 0.3) is 10.2 Å². The van der Waals surface area contributed by atoms with Crippen LogP contribution in [-0.2, 0) is 6.54 Å².